The van der Waals surface area contributed by atoms with Crippen molar-refractivity contribution < 1.29 is 9.57 Å². The van der Waals surface area contributed by atoms with Gasteiger partial charge in [-0.3, -0.25) is 10.3 Å². The average Bonchev–Trinajstić information content (AvgIpc) is 3.04. The van der Waals surface area contributed by atoms with Crippen LogP contribution in [-0.2, 0) is 9.57 Å². The molecule has 1 aromatic rings. The molecule has 0 amide bonds. The first kappa shape index (κ1) is 13.5. The maximum absolute atomic E-state index is 5.93. The number of hydroxylamine groups is 1. The Labute approximate surface area is 123 Å². The lowest BCUT2D eigenvalue weighted by atomic mass is 9.99. The van der Waals surface area contributed by atoms with Crippen LogP contribution >= 0.6 is 11.6 Å². The molecule has 2 aliphatic rings. The molecule has 0 aliphatic carbocycles. The van der Waals surface area contributed by atoms with E-state index in [9.17, 15) is 0 Å². The molecule has 3 rings (SSSR count). The van der Waals surface area contributed by atoms with Gasteiger partial charge in [0.05, 0.1) is 0 Å². The summed E-state index contributed by atoms with van der Waals surface area (Å²) < 4.78 is 5.44. The highest BCUT2D eigenvalue weighted by atomic mass is 35.5. The van der Waals surface area contributed by atoms with Gasteiger partial charge in [0, 0.05) is 30.8 Å². The summed E-state index contributed by atoms with van der Waals surface area (Å²) in [6.45, 7) is 1.48. The number of hydrogen-bond donors (Lipinski definition) is 2. The number of allylic oxidation sites excluding steroid dienone is 1. The van der Waals surface area contributed by atoms with E-state index < -0.39 is 5.60 Å². The van der Waals surface area contributed by atoms with Crippen LogP contribution in [0.5, 0.6) is 0 Å². The molecule has 1 aromatic carbocycles. The van der Waals surface area contributed by atoms with Gasteiger partial charge in [-0.2, -0.15) is 0 Å². The number of rotatable bonds is 1. The van der Waals surface area contributed by atoms with Gasteiger partial charge in [-0.25, -0.2) is 0 Å². The maximum Gasteiger partial charge on any atom is 0.156 e. The van der Waals surface area contributed by atoms with Crippen molar-refractivity contribution in [1.29, 1.82) is 0 Å². The highest BCUT2D eigenvalue weighted by molar-refractivity contribution is 6.30. The molecule has 2 N–H and O–H groups in total. The Balaban J connectivity index is 1.80. The quantitative estimate of drug-likeness (QED) is 0.769. The van der Waals surface area contributed by atoms with E-state index in [2.05, 4.69) is 22.6 Å². The lowest BCUT2D eigenvalue weighted by Crippen LogP contribution is -2.42. The molecule has 104 valence electrons. The first-order chi connectivity index (χ1) is 9.72. The maximum atomic E-state index is 5.93. The third kappa shape index (κ3) is 2.54. The van der Waals surface area contributed by atoms with Crippen molar-refractivity contribution >= 4 is 11.6 Å². The number of halogens is 1. The van der Waals surface area contributed by atoms with E-state index in [0.717, 1.165) is 17.8 Å². The fourth-order valence-corrected chi connectivity index (χ4v) is 2.62. The molecule has 1 saturated heterocycles. The van der Waals surface area contributed by atoms with E-state index in [1.807, 2.05) is 30.3 Å². The van der Waals surface area contributed by atoms with E-state index in [0.29, 0.717) is 11.6 Å². The normalized spacial score (nSPS) is 27.9. The molecular weight excluding hydrogens is 276 g/mol. The Hall–Kier alpha value is -1.51. The van der Waals surface area contributed by atoms with Crippen LogP contribution in [0.1, 0.15) is 5.56 Å². The van der Waals surface area contributed by atoms with Gasteiger partial charge in [-0.05, 0) is 30.2 Å². The van der Waals surface area contributed by atoms with E-state index in [1.165, 1.54) is 0 Å². The first-order valence-electron chi connectivity index (χ1n) is 6.40. The fraction of sp³-hybridized carbons (Fsp3) is 0.333. The van der Waals surface area contributed by atoms with E-state index in [-0.39, 0.29) is 6.10 Å². The van der Waals surface area contributed by atoms with Crippen molar-refractivity contribution in [2.24, 2.45) is 0 Å². The fourth-order valence-electron chi connectivity index (χ4n) is 2.43. The highest BCUT2D eigenvalue weighted by Crippen LogP contribution is 2.28. The van der Waals surface area contributed by atoms with E-state index in [4.69, 9.17) is 21.2 Å². The summed E-state index contributed by atoms with van der Waals surface area (Å²) >= 11 is 5.93. The molecule has 1 spiro atoms. The zero-order valence-corrected chi connectivity index (χ0v) is 11.8. The molecule has 0 saturated carbocycles. The molecule has 2 heterocycles. The van der Waals surface area contributed by atoms with Crippen molar-refractivity contribution in [3.8, 4) is 11.8 Å². The summed E-state index contributed by atoms with van der Waals surface area (Å²) in [6.07, 6.45) is 1.97. The topological polar surface area (TPSA) is 42.5 Å². The Bertz CT molecular complexity index is 605. The van der Waals surface area contributed by atoms with Gasteiger partial charge in [0.2, 0.25) is 0 Å². The van der Waals surface area contributed by atoms with Crippen molar-refractivity contribution in [2.45, 2.75) is 11.7 Å². The smallest absolute Gasteiger partial charge is 0.156 e. The van der Waals surface area contributed by atoms with Crippen LogP contribution in [-0.4, -0.2) is 31.9 Å². The third-order valence-electron chi connectivity index (χ3n) is 3.47. The molecule has 4 nitrogen and oxygen atoms in total. The summed E-state index contributed by atoms with van der Waals surface area (Å²) in [6, 6.07) is 7.45. The van der Waals surface area contributed by atoms with Gasteiger partial charge in [0.15, 0.2) is 5.60 Å². The number of nitrogens with one attached hydrogen (secondary N) is 2. The molecular formula is C15H15ClN2O2. The minimum absolute atomic E-state index is 0.0135. The molecule has 5 heteroatoms. The summed E-state index contributed by atoms with van der Waals surface area (Å²) in [5.41, 5.74) is 4.02. The molecule has 20 heavy (non-hydrogen) atoms. The zero-order valence-electron chi connectivity index (χ0n) is 11.1. The second-order valence-corrected chi connectivity index (χ2v) is 5.27. The lowest BCUT2D eigenvalue weighted by molar-refractivity contribution is -0.0962. The van der Waals surface area contributed by atoms with Gasteiger partial charge in [0.1, 0.15) is 11.8 Å². The zero-order chi connectivity index (χ0) is 14.0. The Morgan fingerprint density at radius 3 is 3.15 bits per heavy atom. The Morgan fingerprint density at radius 2 is 2.35 bits per heavy atom. The van der Waals surface area contributed by atoms with E-state index >= 15 is 0 Å². The SMILES string of the molecule is COC1CNCC12C=C(C#Cc1cccc(Cl)c1)NO2. The summed E-state index contributed by atoms with van der Waals surface area (Å²) in [4.78, 5) is 5.67. The van der Waals surface area contributed by atoms with Gasteiger partial charge in [-0.1, -0.05) is 23.6 Å². The van der Waals surface area contributed by atoms with Gasteiger partial charge in [0.25, 0.3) is 0 Å². The van der Waals surface area contributed by atoms with Crippen molar-refractivity contribution in [3.63, 3.8) is 0 Å². The minimum Gasteiger partial charge on any atom is -0.377 e. The summed E-state index contributed by atoms with van der Waals surface area (Å²) in [7, 11) is 1.69. The second kappa shape index (κ2) is 5.47. The third-order valence-corrected chi connectivity index (χ3v) is 3.70. The van der Waals surface area contributed by atoms with Crippen molar-refractivity contribution in [1.82, 2.24) is 10.8 Å². The predicted molar refractivity (Wildman–Crippen MR) is 77.0 cm³/mol. The lowest BCUT2D eigenvalue weighted by Gasteiger charge is -2.24. The van der Waals surface area contributed by atoms with Crippen LogP contribution in [0.4, 0.5) is 0 Å². The number of ether oxygens (including phenoxy) is 1. The molecule has 2 aliphatic heterocycles. The van der Waals surface area contributed by atoms with Crippen LogP contribution in [0.2, 0.25) is 5.02 Å². The van der Waals surface area contributed by atoms with Crippen LogP contribution < -0.4 is 10.8 Å². The van der Waals surface area contributed by atoms with Crippen LogP contribution in [0, 0.1) is 11.8 Å². The molecule has 0 bridgehead atoms. The molecule has 2 unspecified atom stereocenters. The Morgan fingerprint density at radius 1 is 1.45 bits per heavy atom. The number of benzene rings is 1. The number of hydrogen-bond acceptors (Lipinski definition) is 4. The first-order valence-corrected chi connectivity index (χ1v) is 6.78. The number of methoxy groups -OCH3 is 1. The minimum atomic E-state index is -0.465. The van der Waals surface area contributed by atoms with Gasteiger partial charge in [-0.15, -0.1) is 0 Å². The molecule has 1 fully saturated rings. The van der Waals surface area contributed by atoms with Crippen molar-refractivity contribution in [2.75, 3.05) is 20.2 Å². The monoisotopic (exact) mass is 290 g/mol. The predicted octanol–water partition coefficient (Wildman–Crippen LogP) is 1.47. The highest BCUT2D eigenvalue weighted by Gasteiger charge is 2.46. The molecule has 2 atom stereocenters. The van der Waals surface area contributed by atoms with Crippen LogP contribution in [0.25, 0.3) is 0 Å². The Kier molecular flexibility index (Phi) is 3.68. The largest absolute Gasteiger partial charge is 0.377 e. The summed E-state index contributed by atoms with van der Waals surface area (Å²) in [5, 5.41) is 3.94. The van der Waals surface area contributed by atoms with Crippen LogP contribution in [0.15, 0.2) is 36.0 Å². The molecule has 0 aromatic heterocycles. The standard InChI is InChI=1S/C15H15ClN2O2/c1-19-14-9-17-10-15(14)8-13(18-20-15)6-5-11-3-2-4-12(16)7-11/h2-4,7-8,14,17-18H,9-10H2,1H3. The summed E-state index contributed by atoms with van der Waals surface area (Å²) in [5.74, 6) is 6.11. The van der Waals surface area contributed by atoms with Gasteiger partial charge >= 0.3 is 0 Å². The van der Waals surface area contributed by atoms with Crippen molar-refractivity contribution in [3.05, 3.63) is 46.6 Å². The van der Waals surface area contributed by atoms with Gasteiger partial charge < -0.3 is 10.1 Å². The second-order valence-electron chi connectivity index (χ2n) is 4.83. The van der Waals surface area contributed by atoms with E-state index in [1.54, 1.807) is 7.11 Å². The average molecular weight is 291 g/mol. The van der Waals surface area contributed by atoms with Crippen LogP contribution in [0.3, 0.4) is 0 Å². The molecule has 0 radical (unpaired) electrons.